The van der Waals surface area contributed by atoms with Crippen LogP contribution >= 0.6 is 0 Å². The van der Waals surface area contributed by atoms with Crippen LogP contribution in [-0.4, -0.2) is 39.4 Å². The Morgan fingerprint density at radius 1 is 1.38 bits per heavy atom. The van der Waals surface area contributed by atoms with Crippen LogP contribution in [0.3, 0.4) is 0 Å². The SMILES string of the molecule is Nc1cc(NC(CO)CO)nc(C2CC2)n1. The fourth-order valence-electron chi connectivity index (χ4n) is 1.44. The van der Waals surface area contributed by atoms with Crippen LogP contribution in [0.2, 0.25) is 0 Å². The quantitative estimate of drug-likeness (QED) is 0.547. The van der Waals surface area contributed by atoms with E-state index in [9.17, 15) is 0 Å². The van der Waals surface area contributed by atoms with Gasteiger partial charge >= 0.3 is 0 Å². The number of nitrogen functional groups attached to an aromatic ring is 1. The maximum atomic E-state index is 8.95. The number of rotatable bonds is 5. The van der Waals surface area contributed by atoms with Gasteiger partial charge in [0, 0.05) is 12.0 Å². The molecule has 0 bridgehead atoms. The largest absolute Gasteiger partial charge is 0.394 e. The van der Waals surface area contributed by atoms with Crippen molar-refractivity contribution in [1.82, 2.24) is 9.97 Å². The summed E-state index contributed by atoms with van der Waals surface area (Å²) in [7, 11) is 0. The average molecular weight is 224 g/mol. The zero-order valence-electron chi connectivity index (χ0n) is 8.93. The van der Waals surface area contributed by atoms with Crippen LogP contribution in [0.15, 0.2) is 6.07 Å². The Morgan fingerprint density at radius 3 is 2.62 bits per heavy atom. The molecule has 88 valence electrons. The Labute approximate surface area is 93.5 Å². The molecule has 0 radical (unpaired) electrons. The zero-order valence-corrected chi connectivity index (χ0v) is 8.93. The molecule has 0 atom stereocenters. The summed E-state index contributed by atoms with van der Waals surface area (Å²) in [6.07, 6.45) is 2.21. The van der Waals surface area contributed by atoms with Gasteiger partial charge in [0.1, 0.15) is 17.5 Å². The van der Waals surface area contributed by atoms with Gasteiger partial charge in [0.25, 0.3) is 0 Å². The third kappa shape index (κ3) is 2.59. The highest BCUT2D eigenvalue weighted by atomic mass is 16.3. The van der Waals surface area contributed by atoms with E-state index in [0.717, 1.165) is 18.7 Å². The summed E-state index contributed by atoms with van der Waals surface area (Å²) in [5, 5.41) is 20.8. The number of nitrogens with one attached hydrogen (secondary N) is 1. The minimum Gasteiger partial charge on any atom is -0.394 e. The van der Waals surface area contributed by atoms with Gasteiger partial charge in [-0.05, 0) is 12.8 Å². The van der Waals surface area contributed by atoms with Crippen molar-refractivity contribution in [3.05, 3.63) is 11.9 Å². The number of aromatic nitrogens is 2. The van der Waals surface area contributed by atoms with Crippen molar-refractivity contribution in [3.63, 3.8) is 0 Å². The molecular weight excluding hydrogens is 208 g/mol. The van der Waals surface area contributed by atoms with Gasteiger partial charge in [-0.15, -0.1) is 0 Å². The fraction of sp³-hybridized carbons (Fsp3) is 0.600. The van der Waals surface area contributed by atoms with Gasteiger partial charge in [0.15, 0.2) is 0 Å². The minimum atomic E-state index is -0.415. The van der Waals surface area contributed by atoms with E-state index >= 15 is 0 Å². The molecular formula is C10H16N4O2. The van der Waals surface area contributed by atoms with Gasteiger partial charge in [-0.25, -0.2) is 9.97 Å². The van der Waals surface area contributed by atoms with E-state index in [4.69, 9.17) is 15.9 Å². The molecule has 1 aromatic rings. The van der Waals surface area contributed by atoms with Crippen molar-refractivity contribution >= 4 is 11.6 Å². The number of anilines is 2. The van der Waals surface area contributed by atoms with Crippen LogP contribution in [-0.2, 0) is 0 Å². The lowest BCUT2D eigenvalue weighted by Crippen LogP contribution is -2.28. The molecule has 1 heterocycles. The second kappa shape index (κ2) is 4.63. The predicted molar refractivity (Wildman–Crippen MR) is 60.0 cm³/mol. The monoisotopic (exact) mass is 224 g/mol. The number of hydrogen-bond acceptors (Lipinski definition) is 6. The molecule has 0 spiro atoms. The molecule has 0 aromatic carbocycles. The summed E-state index contributed by atoms with van der Waals surface area (Å²) in [5.74, 6) is 2.14. The van der Waals surface area contributed by atoms with Crippen molar-refractivity contribution in [2.24, 2.45) is 0 Å². The lowest BCUT2D eigenvalue weighted by Gasteiger charge is -2.14. The Hall–Kier alpha value is -1.40. The van der Waals surface area contributed by atoms with Crippen LogP contribution in [0.1, 0.15) is 24.6 Å². The van der Waals surface area contributed by atoms with Crippen molar-refractivity contribution in [2.45, 2.75) is 24.8 Å². The van der Waals surface area contributed by atoms with Gasteiger partial charge in [-0.2, -0.15) is 0 Å². The van der Waals surface area contributed by atoms with Gasteiger partial charge in [-0.1, -0.05) is 0 Å². The van der Waals surface area contributed by atoms with Crippen LogP contribution in [0.5, 0.6) is 0 Å². The molecule has 0 aliphatic heterocycles. The van der Waals surface area contributed by atoms with Gasteiger partial charge in [0.2, 0.25) is 0 Å². The second-order valence-electron chi connectivity index (χ2n) is 4.02. The molecule has 0 saturated heterocycles. The zero-order chi connectivity index (χ0) is 11.5. The lowest BCUT2D eigenvalue weighted by atomic mass is 10.3. The van der Waals surface area contributed by atoms with Crippen LogP contribution < -0.4 is 11.1 Å². The van der Waals surface area contributed by atoms with Gasteiger partial charge in [0.05, 0.1) is 19.3 Å². The Kier molecular flexibility index (Phi) is 3.21. The van der Waals surface area contributed by atoms with E-state index in [1.54, 1.807) is 6.07 Å². The van der Waals surface area contributed by atoms with E-state index in [2.05, 4.69) is 15.3 Å². The van der Waals surface area contributed by atoms with Gasteiger partial charge < -0.3 is 21.3 Å². The third-order valence-electron chi connectivity index (χ3n) is 2.50. The molecule has 6 heteroatoms. The molecule has 0 amide bonds. The number of nitrogens with zero attached hydrogens (tertiary/aromatic N) is 2. The predicted octanol–water partition coefficient (Wildman–Crippen LogP) is -0.299. The molecule has 5 N–H and O–H groups in total. The Balaban J connectivity index is 2.13. The first-order valence-electron chi connectivity index (χ1n) is 5.35. The second-order valence-corrected chi connectivity index (χ2v) is 4.02. The van der Waals surface area contributed by atoms with Crippen molar-refractivity contribution in [3.8, 4) is 0 Å². The molecule has 6 nitrogen and oxygen atoms in total. The standard InChI is InChI=1S/C10H16N4O2/c11-8-3-9(12-7(4-15)5-16)14-10(13-8)6-1-2-6/h3,6-7,15-16H,1-2,4-5H2,(H3,11,12,13,14). The normalized spacial score (nSPS) is 15.4. The maximum Gasteiger partial charge on any atom is 0.136 e. The summed E-state index contributed by atoms with van der Waals surface area (Å²) in [5.41, 5.74) is 5.67. The van der Waals surface area contributed by atoms with Crippen molar-refractivity contribution in [1.29, 1.82) is 0 Å². The average Bonchev–Trinajstić information content (AvgIpc) is 3.08. The number of aliphatic hydroxyl groups excluding tert-OH is 2. The third-order valence-corrected chi connectivity index (χ3v) is 2.50. The highest BCUT2D eigenvalue weighted by Crippen LogP contribution is 2.38. The lowest BCUT2D eigenvalue weighted by molar-refractivity contribution is 0.203. The van der Waals surface area contributed by atoms with Crippen molar-refractivity contribution < 1.29 is 10.2 Å². The molecule has 1 aliphatic carbocycles. The summed E-state index contributed by atoms with van der Waals surface area (Å²) in [4.78, 5) is 8.46. The van der Waals surface area contributed by atoms with E-state index in [0.29, 0.717) is 17.6 Å². The molecule has 16 heavy (non-hydrogen) atoms. The molecule has 1 fully saturated rings. The van der Waals surface area contributed by atoms with Crippen LogP contribution in [0.4, 0.5) is 11.6 Å². The van der Waals surface area contributed by atoms with Crippen LogP contribution in [0, 0.1) is 0 Å². The summed E-state index contributed by atoms with van der Waals surface area (Å²) < 4.78 is 0. The Bertz CT molecular complexity index is 364. The van der Waals surface area contributed by atoms with Gasteiger partial charge in [-0.3, -0.25) is 0 Å². The molecule has 1 aliphatic rings. The number of hydrogen-bond donors (Lipinski definition) is 4. The smallest absolute Gasteiger partial charge is 0.136 e. The fourth-order valence-corrected chi connectivity index (χ4v) is 1.44. The van der Waals surface area contributed by atoms with E-state index in [1.807, 2.05) is 0 Å². The molecule has 0 unspecified atom stereocenters. The minimum absolute atomic E-state index is 0.154. The van der Waals surface area contributed by atoms with Crippen molar-refractivity contribution in [2.75, 3.05) is 24.3 Å². The summed E-state index contributed by atoms with van der Waals surface area (Å²) >= 11 is 0. The first-order valence-corrected chi connectivity index (χ1v) is 5.35. The molecule has 1 aromatic heterocycles. The highest BCUT2D eigenvalue weighted by molar-refractivity contribution is 5.46. The topological polar surface area (TPSA) is 104 Å². The molecule has 2 rings (SSSR count). The molecule has 1 saturated carbocycles. The van der Waals surface area contributed by atoms with Crippen LogP contribution in [0.25, 0.3) is 0 Å². The number of nitrogens with two attached hydrogens (primary N) is 1. The summed E-state index contributed by atoms with van der Waals surface area (Å²) in [6.45, 7) is -0.307. The van der Waals surface area contributed by atoms with E-state index in [1.165, 1.54) is 0 Å². The van der Waals surface area contributed by atoms with E-state index < -0.39 is 6.04 Å². The highest BCUT2D eigenvalue weighted by Gasteiger charge is 2.27. The number of aliphatic hydroxyl groups is 2. The Morgan fingerprint density at radius 2 is 2.06 bits per heavy atom. The van der Waals surface area contributed by atoms with E-state index in [-0.39, 0.29) is 13.2 Å². The first kappa shape index (κ1) is 11.1. The maximum absolute atomic E-state index is 8.95. The summed E-state index contributed by atoms with van der Waals surface area (Å²) in [6, 6.07) is 1.19. The first-order chi connectivity index (χ1) is 7.72.